The van der Waals surface area contributed by atoms with E-state index >= 15 is 0 Å². The van der Waals surface area contributed by atoms with Crippen LogP contribution in [0.2, 0.25) is 0 Å². The van der Waals surface area contributed by atoms with Crippen LogP contribution in [0.25, 0.3) is 0 Å². The minimum absolute atomic E-state index is 0.318. The lowest BCUT2D eigenvalue weighted by Crippen LogP contribution is -2.45. The smallest absolute Gasteiger partial charge is 0.329 e. The monoisotopic (exact) mass is 251 g/mol. The van der Waals surface area contributed by atoms with Crippen LogP contribution in [0.5, 0.6) is 11.5 Å². The number of hydrogen-bond acceptors (Lipinski definition) is 4. The molecular formula is C11H13N3O4. The zero-order valence-electron chi connectivity index (χ0n) is 9.97. The van der Waals surface area contributed by atoms with Crippen LogP contribution in [0.1, 0.15) is 6.92 Å². The highest BCUT2D eigenvalue weighted by Crippen LogP contribution is 2.37. The molecule has 1 atom stereocenters. The van der Waals surface area contributed by atoms with Gasteiger partial charge in [-0.15, -0.1) is 0 Å². The molecule has 3 N–H and O–H groups in total. The predicted octanol–water partition coefficient (Wildman–Crippen LogP) is 1.03. The molecule has 7 nitrogen and oxygen atoms in total. The van der Waals surface area contributed by atoms with Gasteiger partial charge in [0, 0.05) is 20.0 Å². The molecule has 1 aromatic carbocycles. The molecule has 1 aromatic rings. The van der Waals surface area contributed by atoms with Crippen LogP contribution >= 0.6 is 0 Å². The summed E-state index contributed by atoms with van der Waals surface area (Å²) in [5, 5.41) is 2.34. The number of carbonyl (C=O) groups excluding carboxylic acids is 2. The Labute approximate surface area is 103 Å². The van der Waals surface area contributed by atoms with E-state index in [9.17, 15) is 9.59 Å². The SMILES string of the molecule is CNC(=O)N(C(N)=O)c1ccc2c(c1)OC(C)O2. The zero-order chi connectivity index (χ0) is 13.3. The molecule has 18 heavy (non-hydrogen) atoms. The summed E-state index contributed by atoms with van der Waals surface area (Å²) >= 11 is 0. The maximum Gasteiger partial charge on any atom is 0.329 e. The van der Waals surface area contributed by atoms with Gasteiger partial charge in [-0.3, -0.25) is 0 Å². The third-order valence-electron chi connectivity index (χ3n) is 2.41. The lowest BCUT2D eigenvalue weighted by molar-refractivity contribution is 0.0679. The summed E-state index contributed by atoms with van der Waals surface area (Å²) in [5.41, 5.74) is 5.49. The Kier molecular flexibility index (Phi) is 2.97. The van der Waals surface area contributed by atoms with Gasteiger partial charge in [-0.25, -0.2) is 14.5 Å². The van der Waals surface area contributed by atoms with Gasteiger partial charge in [0.1, 0.15) is 0 Å². The number of imide groups is 1. The summed E-state index contributed by atoms with van der Waals surface area (Å²) in [6.45, 7) is 1.74. The number of nitrogens with two attached hydrogens (primary N) is 1. The van der Waals surface area contributed by atoms with Gasteiger partial charge in [0.15, 0.2) is 11.5 Å². The van der Waals surface area contributed by atoms with Gasteiger partial charge in [-0.1, -0.05) is 0 Å². The molecule has 7 heteroatoms. The minimum Gasteiger partial charge on any atom is -0.451 e. The number of rotatable bonds is 1. The summed E-state index contributed by atoms with van der Waals surface area (Å²) in [4.78, 5) is 23.7. The second kappa shape index (κ2) is 4.44. The average molecular weight is 251 g/mol. The topological polar surface area (TPSA) is 93.9 Å². The van der Waals surface area contributed by atoms with E-state index in [1.54, 1.807) is 19.1 Å². The Morgan fingerprint density at radius 2 is 2.00 bits per heavy atom. The summed E-state index contributed by atoms with van der Waals surface area (Å²) in [6.07, 6.45) is -0.391. The fraction of sp³-hybridized carbons (Fsp3) is 0.273. The van der Waals surface area contributed by atoms with E-state index in [0.29, 0.717) is 17.2 Å². The number of fused-ring (bicyclic) bond motifs is 1. The lowest BCUT2D eigenvalue weighted by atomic mass is 10.2. The van der Waals surface area contributed by atoms with Gasteiger partial charge in [0.25, 0.3) is 0 Å². The van der Waals surface area contributed by atoms with Crippen LogP contribution in [0.4, 0.5) is 15.3 Å². The highest BCUT2D eigenvalue weighted by atomic mass is 16.7. The van der Waals surface area contributed by atoms with E-state index in [4.69, 9.17) is 15.2 Å². The molecule has 0 saturated carbocycles. The molecule has 0 aromatic heterocycles. The van der Waals surface area contributed by atoms with Crippen molar-refractivity contribution in [3.63, 3.8) is 0 Å². The first-order valence-electron chi connectivity index (χ1n) is 5.31. The number of hydrogen-bond donors (Lipinski definition) is 2. The molecule has 1 aliphatic heterocycles. The Balaban J connectivity index is 2.36. The predicted molar refractivity (Wildman–Crippen MR) is 63.7 cm³/mol. The van der Waals surface area contributed by atoms with Crippen LogP contribution in [-0.2, 0) is 0 Å². The van der Waals surface area contributed by atoms with E-state index in [1.807, 2.05) is 0 Å². The fourth-order valence-electron chi connectivity index (χ4n) is 1.66. The van der Waals surface area contributed by atoms with E-state index in [0.717, 1.165) is 4.90 Å². The molecule has 2 rings (SSSR count). The van der Waals surface area contributed by atoms with Crippen molar-refractivity contribution >= 4 is 17.7 Å². The van der Waals surface area contributed by atoms with Crippen molar-refractivity contribution in [2.24, 2.45) is 5.73 Å². The Morgan fingerprint density at radius 3 is 2.61 bits per heavy atom. The molecule has 1 aliphatic rings. The first-order valence-corrected chi connectivity index (χ1v) is 5.31. The first-order chi connectivity index (χ1) is 8.52. The maximum absolute atomic E-state index is 11.6. The molecule has 4 amide bonds. The van der Waals surface area contributed by atoms with Crippen LogP contribution < -0.4 is 25.4 Å². The third-order valence-corrected chi connectivity index (χ3v) is 2.41. The Morgan fingerprint density at radius 1 is 1.33 bits per heavy atom. The number of carbonyl (C=O) groups is 2. The van der Waals surface area contributed by atoms with Crippen LogP contribution in [-0.4, -0.2) is 25.4 Å². The number of urea groups is 2. The summed E-state index contributed by atoms with van der Waals surface area (Å²) < 4.78 is 10.7. The van der Waals surface area contributed by atoms with Gasteiger partial charge in [-0.05, 0) is 12.1 Å². The molecule has 1 heterocycles. The van der Waals surface area contributed by atoms with Gasteiger partial charge < -0.3 is 20.5 Å². The summed E-state index contributed by atoms with van der Waals surface area (Å²) in [5.74, 6) is 1.03. The molecule has 0 fully saturated rings. The number of ether oxygens (including phenoxy) is 2. The van der Waals surface area contributed by atoms with Crippen LogP contribution in [0.3, 0.4) is 0 Å². The number of primary amides is 1. The second-order valence-electron chi connectivity index (χ2n) is 3.66. The molecule has 1 unspecified atom stereocenters. The molecule has 0 aliphatic carbocycles. The molecule has 96 valence electrons. The molecule has 0 bridgehead atoms. The van der Waals surface area contributed by atoms with Crippen molar-refractivity contribution in [2.45, 2.75) is 13.2 Å². The van der Waals surface area contributed by atoms with Crippen molar-refractivity contribution < 1.29 is 19.1 Å². The fourth-order valence-corrected chi connectivity index (χ4v) is 1.66. The van der Waals surface area contributed by atoms with Gasteiger partial charge in [-0.2, -0.15) is 0 Å². The normalized spacial score (nSPS) is 16.2. The van der Waals surface area contributed by atoms with Crippen molar-refractivity contribution in [1.82, 2.24) is 5.32 Å². The molecular weight excluding hydrogens is 238 g/mol. The molecule has 0 radical (unpaired) electrons. The highest BCUT2D eigenvalue weighted by Gasteiger charge is 2.25. The highest BCUT2D eigenvalue weighted by molar-refractivity contribution is 6.13. The number of nitrogens with one attached hydrogen (secondary N) is 1. The average Bonchev–Trinajstić information content (AvgIpc) is 2.68. The molecule has 0 spiro atoms. The first kappa shape index (κ1) is 12.0. The lowest BCUT2D eigenvalue weighted by Gasteiger charge is -2.17. The van der Waals surface area contributed by atoms with Gasteiger partial charge >= 0.3 is 12.1 Å². The van der Waals surface area contributed by atoms with Gasteiger partial charge in [0.05, 0.1) is 5.69 Å². The van der Waals surface area contributed by atoms with Crippen LogP contribution in [0.15, 0.2) is 18.2 Å². The zero-order valence-corrected chi connectivity index (χ0v) is 9.97. The van der Waals surface area contributed by atoms with E-state index in [-0.39, 0.29) is 0 Å². The standard InChI is InChI=1S/C11H13N3O4/c1-6-17-8-4-3-7(5-9(8)18-6)14(10(12)15)11(16)13-2/h3-6H,1-2H3,(H2,12,15)(H,13,16). The Hall–Kier alpha value is -2.44. The number of amides is 4. The summed E-state index contributed by atoms with van der Waals surface area (Å²) in [6, 6.07) is 3.21. The number of anilines is 1. The van der Waals surface area contributed by atoms with E-state index in [2.05, 4.69) is 5.32 Å². The Bertz CT molecular complexity index is 503. The molecule has 0 saturated heterocycles. The second-order valence-corrected chi connectivity index (χ2v) is 3.66. The van der Waals surface area contributed by atoms with Crippen molar-refractivity contribution in [3.8, 4) is 11.5 Å². The van der Waals surface area contributed by atoms with Crippen molar-refractivity contribution in [1.29, 1.82) is 0 Å². The van der Waals surface area contributed by atoms with Crippen LogP contribution in [0, 0.1) is 0 Å². The quantitative estimate of drug-likeness (QED) is 0.779. The number of benzene rings is 1. The van der Waals surface area contributed by atoms with Gasteiger partial charge in [0.2, 0.25) is 6.29 Å². The third kappa shape index (κ3) is 2.02. The number of nitrogens with zero attached hydrogens (tertiary/aromatic N) is 1. The van der Waals surface area contributed by atoms with Crippen molar-refractivity contribution in [2.75, 3.05) is 11.9 Å². The summed E-state index contributed by atoms with van der Waals surface area (Å²) in [7, 11) is 1.41. The largest absolute Gasteiger partial charge is 0.451 e. The van der Waals surface area contributed by atoms with E-state index < -0.39 is 18.4 Å². The maximum atomic E-state index is 11.6. The minimum atomic E-state index is -0.874. The van der Waals surface area contributed by atoms with E-state index in [1.165, 1.54) is 13.1 Å². The van der Waals surface area contributed by atoms with Crippen molar-refractivity contribution in [3.05, 3.63) is 18.2 Å².